The van der Waals surface area contributed by atoms with E-state index in [1.54, 1.807) is 44.0 Å². The summed E-state index contributed by atoms with van der Waals surface area (Å²) in [6, 6.07) is 12.9. The molecular formula is C19H20N4O3. The highest BCUT2D eigenvalue weighted by atomic mass is 16.5. The number of nitrogens with one attached hydrogen (secondary N) is 1. The first-order valence-electron chi connectivity index (χ1n) is 8.06. The average Bonchev–Trinajstić information content (AvgIpc) is 3.04. The molecule has 0 aliphatic rings. The molecule has 134 valence electrons. The largest absolute Gasteiger partial charge is 0.497 e. The number of anilines is 1. The van der Waals surface area contributed by atoms with Crippen LogP contribution in [0, 0.1) is 13.8 Å². The summed E-state index contributed by atoms with van der Waals surface area (Å²) in [6.07, 6.45) is 0. The van der Waals surface area contributed by atoms with E-state index in [0.717, 1.165) is 5.56 Å². The number of aryl methyl sites for hydroxylation is 1. The Bertz CT molecular complexity index is 932. The number of hydrogen-bond donors (Lipinski definition) is 1. The van der Waals surface area contributed by atoms with Crippen molar-refractivity contribution in [1.82, 2.24) is 15.0 Å². The molecule has 7 heteroatoms. The van der Waals surface area contributed by atoms with Crippen LogP contribution in [0.1, 0.15) is 21.7 Å². The van der Waals surface area contributed by atoms with Gasteiger partial charge in [0.2, 0.25) is 0 Å². The van der Waals surface area contributed by atoms with E-state index in [4.69, 9.17) is 9.47 Å². The van der Waals surface area contributed by atoms with E-state index >= 15 is 0 Å². The zero-order valence-electron chi connectivity index (χ0n) is 15.1. The Morgan fingerprint density at radius 3 is 2.42 bits per heavy atom. The number of methoxy groups -OCH3 is 2. The number of aromatic nitrogens is 3. The molecule has 1 amide bonds. The SMILES string of the molecule is COc1ccc(OC)c(-n2nnc(C(=O)Nc3ccc(C)cc3)c2C)c1. The standard InChI is InChI=1S/C19H20N4O3/c1-12-5-7-14(8-6-12)20-19(24)18-13(2)23(22-21-18)16-11-15(25-3)9-10-17(16)26-4/h5-11H,1-4H3,(H,20,24). The fourth-order valence-corrected chi connectivity index (χ4v) is 2.56. The first-order valence-corrected chi connectivity index (χ1v) is 8.06. The third-order valence-corrected chi connectivity index (χ3v) is 4.03. The van der Waals surface area contributed by atoms with E-state index in [0.29, 0.717) is 28.6 Å². The van der Waals surface area contributed by atoms with Crippen molar-refractivity contribution in [1.29, 1.82) is 0 Å². The fraction of sp³-hybridized carbons (Fsp3) is 0.211. The van der Waals surface area contributed by atoms with Crippen molar-refractivity contribution < 1.29 is 14.3 Å². The quantitative estimate of drug-likeness (QED) is 0.763. The molecule has 0 bridgehead atoms. The molecule has 1 N–H and O–H groups in total. The van der Waals surface area contributed by atoms with E-state index < -0.39 is 0 Å². The van der Waals surface area contributed by atoms with Gasteiger partial charge in [0.25, 0.3) is 5.91 Å². The second-order valence-electron chi connectivity index (χ2n) is 5.79. The summed E-state index contributed by atoms with van der Waals surface area (Å²) in [5.41, 5.74) is 3.31. The van der Waals surface area contributed by atoms with E-state index in [9.17, 15) is 4.79 Å². The predicted molar refractivity (Wildman–Crippen MR) is 98.3 cm³/mol. The summed E-state index contributed by atoms with van der Waals surface area (Å²) in [4.78, 5) is 12.6. The van der Waals surface area contributed by atoms with Gasteiger partial charge in [0, 0.05) is 11.8 Å². The van der Waals surface area contributed by atoms with Crippen molar-refractivity contribution in [2.75, 3.05) is 19.5 Å². The number of amides is 1. The normalized spacial score (nSPS) is 10.5. The minimum absolute atomic E-state index is 0.246. The summed E-state index contributed by atoms with van der Waals surface area (Å²) in [5, 5.41) is 11.0. The van der Waals surface area contributed by atoms with Gasteiger partial charge in [-0.1, -0.05) is 22.9 Å². The number of hydrogen-bond acceptors (Lipinski definition) is 5. The molecule has 1 heterocycles. The molecule has 0 aliphatic heterocycles. The Balaban J connectivity index is 1.93. The highest BCUT2D eigenvalue weighted by Gasteiger charge is 2.19. The lowest BCUT2D eigenvalue weighted by Crippen LogP contribution is -2.14. The minimum Gasteiger partial charge on any atom is -0.497 e. The predicted octanol–water partition coefficient (Wildman–Crippen LogP) is 3.15. The van der Waals surface area contributed by atoms with Crippen molar-refractivity contribution in [2.45, 2.75) is 13.8 Å². The number of rotatable bonds is 5. The van der Waals surface area contributed by atoms with E-state index in [-0.39, 0.29) is 11.6 Å². The van der Waals surface area contributed by atoms with Crippen LogP contribution in [0.4, 0.5) is 5.69 Å². The van der Waals surface area contributed by atoms with Crippen LogP contribution < -0.4 is 14.8 Å². The highest BCUT2D eigenvalue weighted by Crippen LogP contribution is 2.28. The molecule has 26 heavy (non-hydrogen) atoms. The molecule has 0 saturated carbocycles. The summed E-state index contributed by atoms with van der Waals surface area (Å²) in [6.45, 7) is 3.77. The lowest BCUT2D eigenvalue weighted by Gasteiger charge is -2.11. The Kier molecular flexibility index (Phi) is 4.88. The maximum atomic E-state index is 12.6. The molecule has 0 radical (unpaired) electrons. The van der Waals surface area contributed by atoms with Crippen LogP contribution in [0.5, 0.6) is 11.5 Å². The second kappa shape index (κ2) is 7.26. The Morgan fingerprint density at radius 2 is 1.77 bits per heavy atom. The highest BCUT2D eigenvalue weighted by molar-refractivity contribution is 6.03. The maximum Gasteiger partial charge on any atom is 0.278 e. The van der Waals surface area contributed by atoms with E-state index in [1.807, 2.05) is 31.2 Å². The molecule has 0 atom stereocenters. The lowest BCUT2D eigenvalue weighted by molar-refractivity contribution is 0.102. The number of ether oxygens (including phenoxy) is 2. The van der Waals surface area contributed by atoms with Gasteiger partial charge in [0.1, 0.15) is 17.2 Å². The summed E-state index contributed by atoms with van der Waals surface area (Å²) in [7, 11) is 3.16. The number of carbonyl (C=O) groups excluding carboxylic acids is 1. The molecule has 3 aromatic rings. The summed E-state index contributed by atoms with van der Waals surface area (Å²) >= 11 is 0. The Hall–Kier alpha value is -3.35. The summed E-state index contributed by atoms with van der Waals surface area (Å²) < 4.78 is 12.2. The molecule has 0 saturated heterocycles. The Morgan fingerprint density at radius 1 is 1.04 bits per heavy atom. The molecule has 0 unspecified atom stereocenters. The summed E-state index contributed by atoms with van der Waals surface area (Å²) in [5.74, 6) is 0.935. The zero-order chi connectivity index (χ0) is 18.7. The van der Waals surface area contributed by atoms with Crippen LogP contribution in [0.25, 0.3) is 5.69 Å². The van der Waals surface area contributed by atoms with Crippen LogP contribution in [-0.4, -0.2) is 35.1 Å². The number of carbonyl (C=O) groups is 1. The first-order chi connectivity index (χ1) is 12.5. The fourth-order valence-electron chi connectivity index (χ4n) is 2.56. The van der Waals surface area contributed by atoms with Crippen LogP contribution in [-0.2, 0) is 0 Å². The van der Waals surface area contributed by atoms with Crippen molar-refractivity contribution in [3.63, 3.8) is 0 Å². The van der Waals surface area contributed by atoms with Crippen molar-refractivity contribution in [3.8, 4) is 17.2 Å². The van der Waals surface area contributed by atoms with Gasteiger partial charge in [-0.2, -0.15) is 0 Å². The number of benzene rings is 2. The van der Waals surface area contributed by atoms with Crippen molar-refractivity contribution in [2.24, 2.45) is 0 Å². The molecule has 7 nitrogen and oxygen atoms in total. The second-order valence-corrected chi connectivity index (χ2v) is 5.79. The van der Waals surface area contributed by atoms with Gasteiger partial charge in [0.15, 0.2) is 5.69 Å². The van der Waals surface area contributed by atoms with Gasteiger partial charge >= 0.3 is 0 Å². The average molecular weight is 352 g/mol. The van der Waals surface area contributed by atoms with Gasteiger partial charge < -0.3 is 14.8 Å². The molecule has 1 aromatic heterocycles. The van der Waals surface area contributed by atoms with Gasteiger partial charge in [-0.15, -0.1) is 5.10 Å². The van der Waals surface area contributed by atoms with E-state index in [1.165, 1.54) is 0 Å². The molecule has 0 fully saturated rings. The molecule has 0 aliphatic carbocycles. The van der Waals surface area contributed by atoms with Gasteiger partial charge in [0.05, 0.1) is 19.9 Å². The van der Waals surface area contributed by atoms with Crippen LogP contribution in [0.2, 0.25) is 0 Å². The number of nitrogens with zero attached hydrogens (tertiary/aromatic N) is 3. The van der Waals surface area contributed by atoms with Crippen LogP contribution in [0.15, 0.2) is 42.5 Å². The maximum absolute atomic E-state index is 12.6. The zero-order valence-corrected chi connectivity index (χ0v) is 15.1. The topological polar surface area (TPSA) is 78.3 Å². The van der Waals surface area contributed by atoms with Gasteiger partial charge in [-0.3, -0.25) is 4.79 Å². The minimum atomic E-state index is -0.320. The van der Waals surface area contributed by atoms with Gasteiger partial charge in [-0.05, 0) is 38.1 Å². The Labute approximate surface area is 151 Å². The lowest BCUT2D eigenvalue weighted by atomic mass is 10.2. The van der Waals surface area contributed by atoms with Gasteiger partial charge in [-0.25, -0.2) is 4.68 Å². The van der Waals surface area contributed by atoms with Crippen LogP contribution >= 0.6 is 0 Å². The van der Waals surface area contributed by atoms with Crippen molar-refractivity contribution in [3.05, 3.63) is 59.4 Å². The third-order valence-electron chi connectivity index (χ3n) is 4.03. The van der Waals surface area contributed by atoms with Crippen LogP contribution in [0.3, 0.4) is 0 Å². The molecule has 3 rings (SSSR count). The smallest absolute Gasteiger partial charge is 0.278 e. The molecule has 2 aromatic carbocycles. The molecular weight excluding hydrogens is 332 g/mol. The third kappa shape index (κ3) is 3.37. The van der Waals surface area contributed by atoms with E-state index in [2.05, 4.69) is 15.6 Å². The van der Waals surface area contributed by atoms with Crippen molar-refractivity contribution >= 4 is 11.6 Å². The molecule has 0 spiro atoms. The monoisotopic (exact) mass is 352 g/mol. The first kappa shape index (κ1) is 17.5.